The van der Waals surface area contributed by atoms with E-state index in [4.69, 9.17) is 4.74 Å². The molecule has 1 fully saturated rings. The average Bonchev–Trinajstić information content (AvgIpc) is 2.89. The predicted octanol–water partition coefficient (Wildman–Crippen LogP) is 1.88. The fraction of sp³-hybridized carbons (Fsp3) is 0.692. The van der Waals surface area contributed by atoms with Gasteiger partial charge in [-0.25, -0.2) is 0 Å². The molecule has 0 atom stereocenters. The maximum atomic E-state index is 12.4. The lowest BCUT2D eigenvalue weighted by atomic mass is 9.93. The second-order valence-corrected chi connectivity index (χ2v) is 4.72. The third kappa shape index (κ3) is 2.57. The third-order valence-electron chi connectivity index (χ3n) is 3.45. The number of nitrogens with zero attached hydrogens (tertiary/aromatic N) is 2. The first kappa shape index (κ1) is 12.3. The van der Waals surface area contributed by atoms with E-state index in [1.807, 2.05) is 26.2 Å². The number of ether oxygens (including phenoxy) is 1. The zero-order valence-corrected chi connectivity index (χ0v) is 10.6. The fourth-order valence-corrected chi connectivity index (χ4v) is 2.61. The van der Waals surface area contributed by atoms with Crippen molar-refractivity contribution in [1.29, 1.82) is 0 Å². The van der Waals surface area contributed by atoms with Crippen LogP contribution in [0.25, 0.3) is 0 Å². The summed E-state index contributed by atoms with van der Waals surface area (Å²) in [7, 11) is 1.86. The van der Waals surface area contributed by atoms with Crippen molar-refractivity contribution in [1.82, 2.24) is 9.78 Å². The molecule has 2 rings (SSSR count). The number of aryl methyl sites for hydroxylation is 1. The van der Waals surface area contributed by atoms with E-state index in [1.165, 1.54) is 0 Å². The SMILES string of the molecule is CCOC1(C(=O)Cc2ccn(C)n2)CCCC1. The monoisotopic (exact) mass is 236 g/mol. The molecule has 94 valence electrons. The molecule has 17 heavy (non-hydrogen) atoms. The van der Waals surface area contributed by atoms with Crippen molar-refractivity contribution in [2.45, 2.75) is 44.6 Å². The number of hydrogen-bond acceptors (Lipinski definition) is 3. The summed E-state index contributed by atoms with van der Waals surface area (Å²) < 4.78 is 7.47. The minimum absolute atomic E-state index is 0.190. The van der Waals surface area contributed by atoms with Gasteiger partial charge in [0.05, 0.1) is 12.1 Å². The molecule has 0 aromatic carbocycles. The van der Waals surface area contributed by atoms with Gasteiger partial charge in [0.15, 0.2) is 5.78 Å². The topological polar surface area (TPSA) is 44.1 Å². The van der Waals surface area contributed by atoms with Crippen LogP contribution < -0.4 is 0 Å². The highest BCUT2D eigenvalue weighted by molar-refractivity contribution is 5.89. The number of rotatable bonds is 5. The molecule has 0 N–H and O–H groups in total. The van der Waals surface area contributed by atoms with E-state index in [0.29, 0.717) is 13.0 Å². The van der Waals surface area contributed by atoms with Gasteiger partial charge in [-0.2, -0.15) is 5.10 Å². The van der Waals surface area contributed by atoms with Crippen molar-refractivity contribution in [3.05, 3.63) is 18.0 Å². The van der Waals surface area contributed by atoms with Gasteiger partial charge in [-0.3, -0.25) is 9.48 Å². The summed E-state index contributed by atoms with van der Waals surface area (Å²) in [5.74, 6) is 0.190. The van der Waals surface area contributed by atoms with Crippen LogP contribution in [-0.2, 0) is 23.0 Å². The molecule has 1 aromatic heterocycles. The van der Waals surface area contributed by atoms with Crippen LogP contribution in [0.4, 0.5) is 0 Å². The number of carbonyl (C=O) groups excluding carboxylic acids is 1. The maximum absolute atomic E-state index is 12.4. The molecule has 0 saturated heterocycles. The van der Waals surface area contributed by atoms with Crippen LogP contribution in [0.5, 0.6) is 0 Å². The Morgan fingerprint density at radius 3 is 2.76 bits per heavy atom. The Kier molecular flexibility index (Phi) is 3.62. The molecule has 4 nitrogen and oxygen atoms in total. The molecule has 4 heteroatoms. The van der Waals surface area contributed by atoms with Crippen LogP contribution in [0.1, 0.15) is 38.3 Å². The van der Waals surface area contributed by atoms with Crippen LogP contribution in [0, 0.1) is 0 Å². The summed E-state index contributed by atoms with van der Waals surface area (Å²) in [5, 5.41) is 4.25. The molecule has 0 aliphatic heterocycles. The average molecular weight is 236 g/mol. The van der Waals surface area contributed by atoms with E-state index >= 15 is 0 Å². The van der Waals surface area contributed by atoms with E-state index in [-0.39, 0.29) is 5.78 Å². The molecule has 0 spiro atoms. The van der Waals surface area contributed by atoms with Gasteiger partial charge in [-0.1, -0.05) is 0 Å². The number of ketones is 1. The molecule has 1 aliphatic carbocycles. The normalized spacial score (nSPS) is 18.5. The summed E-state index contributed by atoms with van der Waals surface area (Å²) in [6, 6.07) is 1.90. The number of carbonyl (C=O) groups is 1. The number of Topliss-reactive ketones (excluding diaryl/α,β-unsaturated/α-hetero) is 1. The summed E-state index contributed by atoms with van der Waals surface area (Å²) in [6.45, 7) is 2.56. The molecular formula is C13H20N2O2. The van der Waals surface area contributed by atoms with Gasteiger partial charge in [0.1, 0.15) is 5.60 Å². The first-order valence-corrected chi connectivity index (χ1v) is 6.32. The van der Waals surface area contributed by atoms with Crippen LogP contribution in [0.15, 0.2) is 12.3 Å². The van der Waals surface area contributed by atoms with Gasteiger partial charge in [-0.15, -0.1) is 0 Å². The molecule has 0 bridgehead atoms. The molecule has 0 unspecified atom stereocenters. The Morgan fingerprint density at radius 2 is 2.24 bits per heavy atom. The van der Waals surface area contributed by atoms with E-state index in [9.17, 15) is 4.79 Å². The van der Waals surface area contributed by atoms with Crippen molar-refractivity contribution in [3.63, 3.8) is 0 Å². The number of aromatic nitrogens is 2. The van der Waals surface area contributed by atoms with Crippen molar-refractivity contribution in [2.75, 3.05) is 6.61 Å². The van der Waals surface area contributed by atoms with Crippen LogP contribution >= 0.6 is 0 Å². The van der Waals surface area contributed by atoms with Gasteiger partial charge in [0.25, 0.3) is 0 Å². The highest BCUT2D eigenvalue weighted by Gasteiger charge is 2.41. The standard InChI is InChI=1S/C13H20N2O2/c1-3-17-13(7-4-5-8-13)12(16)10-11-6-9-15(2)14-11/h6,9H,3-5,7-8,10H2,1-2H3. The molecule has 1 aromatic rings. The minimum atomic E-state index is -0.522. The van der Waals surface area contributed by atoms with E-state index in [1.54, 1.807) is 4.68 Å². The van der Waals surface area contributed by atoms with E-state index in [2.05, 4.69) is 5.10 Å². The predicted molar refractivity (Wildman–Crippen MR) is 64.7 cm³/mol. The third-order valence-corrected chi connectivity index (χ3v) is 3.45. The quantitative estimate of drug-likeness (QED) is 0.784. The highest BCUT2D eigenvalue weighted by atomic mass is 16.5. The first-order chi connectivity index (χ1) is 8.16. The van der Waals surface area contributed by atoms with Gasteiger partial charge >= 0.3 is 0 Å². The van der Waals surface area contributed by atoms with Crippen LogP contribution in [0.2, 0.25) is 0 Å². The summed E-state index contributed by atoms with van der Waals surface area (Å²) in [4.78, 5) is 12.4. The van der Waals surface area contributed by atoms with Crippen LogP contribution in [-0.4, -0.2) is 27.8 Å². The van der Waals surface area contributed by atoms with Gasteiger partial charge in [0.2, 0.25) is 0 Å². The minimum Gasteiger partial charge on any atom is -0.367 e. The maximum Gasteiger partial charge on any atom is 0.170 e. The van der Waals surface area contributed by atoms with Gasteiger partial charge in [0, 0.05) is 19.9 Å². The second kappa shape index (κ2) is 5.00. The van der Waals surface area contributed by atoms with Gasteiger partial charge < -0.3 is 4.74 Å². The van der Waals surface area contributed by atoms with Crippen molar-refractivity contribution in [2.24, 2.45) is 7.05 Å². The Hall–Kier alpha value is -1.16. The van der Waals surface area contributed by atoms with Gasteiger partial charge in [-0.05, 0) is 38.7 Å². The Balaban J connectivity index is 2.06. The molecular weight excluding hydrogens is 216 g/mol. The van der Waals surface area contributed by atoms with E-state index in [0.717, 1.165) is 31.4 Å². The summed E-state index contributed by atoms with van der Waals surface area (Å²) >= 11 is 0. The molecule has 1 aliphatic rings. The van der Waals surface area contributed by atoms with Crippen molar-refractivity contribution < 1.29 is 9.53 Å². The Labute approximate surface area is 102 Å². The molecule has 1 heterocycles. The Bertz CT molecular complexity index is 392. The zero-order valence-electron chi connectivity index (χ0n) is 10.6. The lowest BCUT2D eigenvalue weighted by Gasteiger charge is -2.26. The number of hydrogen-bond donors (Lipinski definition) is 0. The fourth-order valence-electron chi connectivity index (χ4n) is 2.61. The second-order valence-electron chi connectivity index (χ2n) is 4.72. The summed E-state index contributed by atoms with van der Waals surface area (Å²) in [5.41, 5.74) is 0.315. The lowest BCUT2D eigenvalue weighted by molar-refractivity contribution is -0.142. The smallest absolute Gasteiger partial charge is 0.170 e. The van der Waals surface area contributed by atoms with E-state index < -0.39 is 5.60 Å². The zero-order chi connectivity index (χ0) is 12.3. The Morgan fingerprint density at radius 1 is 1.53 bits per heavy atom. The first-order valence-electron chi connectivity index (χ1n) is 6.32. The molecule has 0 amide bonds. The van der Waals surface area contributed by atoms with Crippen molar-refractivity contribution in [3.8, 4) is 0 Å². The molecule has 1 saturated carbocycles. The lowest BCUT2D eigenvalue weighted by Crippen LogP contribution is -2.40. The summed E-state index contributed by atoms with van der Waals surface area (Å²) in [6.07, 6.45) is 6.17. The van der Waals surface area contributed by atoms with Crippen LogP contribution in [0.3, 0.4) is 0 Å². The largest absolute Gasteiger partial charge is 0.367 e. The molecule has 0 radical (unpaired) electrons. The van der Waals surface area contributed by atoms with Crippen molar-refractivity contribution >= 4 is 5.78 Å². The highest BCUT2D eigenvalue weighted by Crippen LogP contribution is 2.34.